The zero-order valence-electron chi connectivity index (χ0n) is 33.8. The molecule has 0 N–H and O–H groups in total. The normalized spacial score (nSPS) is 14.8. The Labute approximate surface area is 309 Å². The smallest absolute Gasteiger partial charge is 0.252 e. The zero-order valence-corrected chi connectivity index (χ0v) is 29.6. The van der Waals surface area contributed by atoms with Crippen LogP contribution in [-0.2, 0) is 5.41 Å². The van der Waals surface area contributed by atoms with Gasteiger partial charge in [0.15, 0.2) is 0 Å². The van der Waals surface area contributed by atoms with Gasteiger partial charge in [-0.2, -0.15) is 0 Å². The summed E-state index contributed by atoms with van der Waals surface area (Å²) < 4.78 is 48.0. The fraction of sp³-hybridized carbons (Fsp3) is 0.106. The monoisotopic (exact) mass is 675 g/mol. The minimum atomic E-state index is -0.391. The zero-order chi connectivity index (χ0) is 38.5. The molecule has 51 heavy (non-hydrogen) atoms. The second kappa shape index (κ2) is 10.2. The van der Waals surface area contributed by atoms with Gasteiger partial charge in [0.2, 0.25) is 0 Å². The molecule has 0 spiro atoms. The fourth-order valence-electron chi connectivity index (χ4n) is 8.75. The van der Waals surface area contributed by atoms with Gasteiger partial charge in [0, 0.05) is 59.2 Å². The summed E-state index contributed by atoms with van der Waals surface area (Å²) in [5.41, 5.74) is 13.3. The summed E-state index contributed by atoms with van der Waals surface area (Å²) in [6.07, 6.45) is 0. The minimum Gasteiger partial charge on any atom is -0.311 e. The molecule has 0 atom stereocenters. The van der Waals surface area contributed by atoms with Crippen LogP contribution in [-0.4, -0.2) is 11.3 Å². The van der Waals surface area contributed by atoms with Crippen LogP contribution in [0.15, 0.2) is 139 Å². The van der Waals surface area contributed by atoms with E-state index in [2.05, 4.69) is 134 Å². The van der Waals surface area contributed by atoms with Gasteiger partial charge in [-0.05, 0) is 99.5 Å². The van der Waals surface area contributed by atoms with Crippen molar-refractivity contribution in [2.75, 3.05) is 4.90 Å². The van der Waals surface area contributed by atoms with Gasteiger partial charge in [-0.25, -0.2) is 0 Å². The molecule has 0 amide bonds. The van der Waals surface area contributed by atoms with Gasteiger partial charge in [-0.1, -0.05) is 112 Å². The van der Waals surface area contributed by atoms with E-state index in [1.54, 1.807) is 0 Å². The van der Waals surface area contributed by atoms with E-state index in [9.17, 15) is 0 Å². The molecular formula is C47H35BN2S. The fourth-order valence-corrected chi connectivity index (χ4v) is 9.87. The summed E-state index contributed by atoms with van der Waals surface area (Å²) in [5, 5.41) is 5.01. The van der Waals surface area contributed by atoms with Crippen molar-refractivity contribution in [3.8, 4) is 16.8 Å². The third-order valence-corrected chi connectivity index (χ3v) is 12.2. The number of fused-ring (bicyclic) bond motifs is 10. The van der Waals surface area contributed by atoms with Gasteiger partial charge in [-0.15, -0.1) is 11.3 Å². The summed E-state index contributed by atoms with van der Waals surface area (Å²) in [5.74, 6) is 0. The number of aryl methyl sites for hydroxylation is 1. The molecule has 0 aliphatic carbocycles. The highest BCUT2D eigenvalue weighted by atomic mass is 32.1. The average Bonchev–Trinajstić information content (AvgIpc) is 3.72. The molecule has 0 unspecified atom stereocenters. The van der Waals surface area contributed by atoms with Crippen molar-refractivity contribution in [1.82, 2.24) is 4.57 Å². The van der Waals surface area contributed by atoms with Crippen LogP contribution in [0.3, 0.4) is 0 Å². The predicted molar refractivity (Wildman–Crippen MR) is 222 cm³/mol. The number of benzene rings is 7. The average molecular weight is 676 g/mol. The Morgan fingerprint density at radius 1 is 0.627 bits per heavy atom. The van der Waals surface area contributed by atoms with Crippen LogP contribution in [0.25, 0.3) is 58.8 Å². The van der Waals surface area contributed by atoms with E-state index >= 15 is 0 Å². The first kappa shape index (κ1) is 24.6. The highest BCUT2D eigenvalue weighted by molar-refractivity contribution is 7.25. The number of anilines is 3. The Bertz CT molecular complexity index is 3180. The highest BCUT2D eigenvalue weighted by Crippen LogP contribution is 2.45. The van der Waals surface area contributed by atoms with Crippen LogP contribution in [0.2, 0.25) is 0 Å². The van der Waals surface area contributed by atoms with Crippen LogP contribution in [0.1, 0.15) is 38.8 Å². The maximum absolute atomic E-state index is 8.88. The lowest BCUT2D eigenvalue weighted by Crippen LogP contribution is -2.60. The van der Waals surface area contributed by atoms with E-state index in [4.69, 9.17) is 6.85 Å². The van der Waals surface area contributed by atoms with Crippen LogP contribution in [0.4, 0.5) is 17.1 Å². The quantitative estimate of drug-likeness (QED) is 0.166. The van der Waals surface area contributed by atoms with Crippen molar-refractivity contribution in [2.24, 2.45) is 0 Å². The molecular weight excluding hydrogens is 635 g/mol. The maximum Gasteiger partial charge on any atom is 0.252 e. The third kappa shape index (κ3) is 4.05. The first-order valence-corrected chi connectivity index (χ1v) is 18.4. The number of aromatic nitrogens is 1. The lowest BCUT2D eigenvalue weighted by atomic mass is 9.33. The topological polar surface area (TPSA) is 8.17 Å². The van der Waals surface area contributed by atoms with Crippen molar-refractivity contribution in [3.63, 3.8) is 0 Å². The molecule has 2 aliphatic rings. The maximum atomic E-state index is 8.88. The molecule has 0 bridgehead atoms. The molecule has 2 nitrogen and oxygen atoms in total. The first-order valence-electron chi connectivity index (χ1n) is 20.1. The molecule has 7 aromatic carbocycles. The lowest BCUT2D eigenvalue weighted by Gasteiger charge is -2.41. The molecule has 9 aromatic rings. The molecule has 0 fully saturated rings. The molecule has 2 aliphatic heterocycles. The van der Waals surface area contributed by atoms with Gasteiger partial charge in [-0.3, -0.25) is 0 Å². The molecule has 0 saturated heterocycles. The molecule has 4 heterocycles. The molecule has 2 aromatic heterocycles. The second-order valence-corrected chi connectivity index (χ2v) is 16.2. The second-order valence-electron chi connectivity index (χ2n) is 15.1. The van der Waals surface area contributed by atoms with Crippen molar-refractivity contribution < 1.29 is 6.85 Å². The summed E-state index contributed by atoms with van der Waals surface area (Å²) >= 11 is 1.85. The van der Waals surface area contributed by atoms with E-state index in [0.29, 0.717) is 5.56 Å². The Hall–Kier alpha value is -5.58. The minimum absolute atomic E-state index is 0.0240. The van der Waals surface area contributed by atoms with E-state index in [-0.39, 0.29) is 41.9 Å². The number of para-hydroxylation sites is 1. The Morgan fingerprint density at radius 2 is 1.41 bits per heavy atom. The molecule has 0 radical (unpaired) electrons. The number of hydrogen-bond acceptors (Lipinski definition) is 2. The Balaban J connectivity index is 1.25. The van der Waals surface area contributed by atoms with Crippen molar-refractivity contribution in [1.29, 1.82) is 0 Å². The van der Waals surface area contributed by atoms with Crippen LogP contribution in [0.5, 0.6) is 0 Å². The summed E-state index contributed by atoms with van der Waals surface area (Å²) in [6.45, 7) is 8.73. The molecule has 11 rings (SSSR count). The van der Waals surface area contributed by atoms with E-state index in [0.717, 1.165) is 28.1 Å². The predicted octanol–water partition coefficient (Wildman–Crippen LogP) is 11.0. The van der Waals surface area contributed by atoms with Gasteiger partial charge in [0.1, 0.15) is 0 Å². The summed E-state index contributed by atoms with van der Waals surface area (Å²) in [6, 6.07) is 38.2. The van der Waals surface area contributed by atoms with Gasteiger partial charge in [0.25, 0.3) is 6.71 Å². The first-order chi connectivity index (χ1) is 26.9. The SMILES string of the molecule is [2H]c1c([2H])c([2H])c(-c2ccc3c(c2)N(c2ccc(C(C)(C)C)cc2)c2cc(C)cc4c2B3c2cccc3c5cc6sc7ccccc7c6cc5n-4c23)c([2H])c1[2H]. The molecule has 242 valence electrons. The largest absolute Gasteiger partial charge is 0.311 e. The molecule has 0 saturated carbocycles. The standard InChI is InChI=1S/C47H35BN2S/c1-28-23-41-45-42(24-28)50-39-26-36-33-13-8-9-16-43(33)51-44(36)27-35(39)34-14-10-15-38(46(34)50)48(45)37-22-17-30(29-11-6-5-7-12-29)25-40(37)49(41)32-20-18-31(19-21-32)47(2,3)4/h5-27H,1-4H3/i5D,6D,7D,11D,12D. The number of nitrogens with zero attached hydrogens (tertiary/aromatic N) is 2. The third-order valence-electron chi connectivity index (χ3n) is 11.0. The van der Waals surface area contributed by atoms with Crippen molar-refractivity contribution >= 4 is 93.5 Å². The van der Waals surface area contributed by atoms with Crippen LogP contribution < -0.4 is 21.3 Å². The highest BCUT2D eigenvalue weighted by Gasteiger charge is 2.42. The van der Waals surface area contributed by atoms with E-state index in [1.807, 2.05) is 23.5 Å². The lowest BCUT2D eigenvalue weighted by molar-refractivity contribution is 0.590. The van der Waals surface area contributed by atoms with E-state index < -0.39 is 6.04 Å². The van der Waals surface area contributed by atoms with Crippen molar-refractivity contribution in [2.45, 2.75) is 33.1 Å². The van der Waals surface area contributed by atoms with Crippen molar-refractivity contribution in [3.05, 3.63) is 151 Å². The van der Waals surface area contributed by atoms with E-state index in [1.165, 1.54) is 64.2 Å². The Morgan fingerprint density at radius 3 is 2.24 bits per heavy atom. The number of hydrogen-bond donors (Lipinski definition) is 0. The summed E-state index contributed by atoms with van der Waals surface area (Å²) in [4.78, 5) is 2.32. The van der Waals surface area contributed by atoms with Crippen LogP contribution >= 0.6 is 11.3 Å². The number of thiophene rings is 1. The van der Waals surface area contributed by atoms with Gasteiger partial charge < -0.3 is 9.47 Å². The van der Waals surface area contributed by atoms with Crippen LogP contribution in [0, 0.1) is 6.92 Å². The van der Waals surface area contributed by atoms with Gasteiger partial charge >= 0.3 is 0 Å². The number of rotatable bonds is 2. The Kier molecular flexibility index (Phi) is 4.93. The molecule has 4 heteroatoms. The summed E-state index contributed by atoms with van der Waals surface area (Å²) in [7, 11) is 0. The van der Waals surface area contributed by atoms with Gasteiger partial charge in [0.05, 0.1) is 12.4 Å².